The summed E-state index contributed by atoms with van der Waals surface area (Å²) in [4.78, 5) is 0. The summed E-state index contributed by atoms with van der Waals surface area (Å²) in [5.74, 6) is 0. The van der Waals surface area contributed by atoms with Crippen molar-refractivity contribution in [1.29, 1.82) is 5.26 Å². The van der Waals surface area contributed by atoms with Gasteiger partial charge in [0.15, 0.2) is 0 Å². The summed E-state index contributed by atoms with van der Waals surface area (Å²) in [6.45, 7) is 0.472. The number of benzene rings is 2. The second kappa shape index (κ2) is 6.42. The molecule has 2 rings (SSSR count). The van der Waals surface area contributed by atoms with Gasteiger partial charge in [-0.05, 0) is 23.3 Å². The number of nitrogens with zero attached hydrogens (tertiary/aromatic N) is 1. The molecule has 0 spiro atoms. The van der Waals surface area contributed by atoms with Crippen LogP contribution in [0.3, 0.4) is 0 Å². The summed E-state index contributed by atoms with van der Waals surface area (Å²) in [6, 6.07) is 15.5. The molecule has 0 fully saturated rings. The lowest BCUT2D eigenvalue weighted by Crippen LogP contribution is -2.19. The maximum absolute atomic E-state index is 12.5. The molecule has 0 aliphatic rings. The molecule has 1 atom stereocenters. The van der Waals surface area contributed by atoms with Crippen molar-refractivity contribution >= 4 is 0 Å². The van der Waals surface area contributed by atoms with Crippen molar-refractivity contribution in [1.82, 2.24) is 5.32 Å². The number of hydrogen-bond acceptors (Lipinski definition) is 2. The van der Waals surface area contributed by atoms with Crippen LogP contribution in [-0.4, -0.2) is 0 Å². The first kappa shape index (κ1) is 15.1. The minimum absolute atomic E-state index is 0.472. The molecule has 0 saturated carbocycles. The number of alkyl halides is 3. The summed E-state index contributed by atoms with van der Waals surface area (Å²) in [5, 5.41) is 12.2. The summed E-state index contributed by atoms with van der Waals surface area (Å²) >= 11 is 0. The van der Waals surface area contributed by atoms with Crippen LogP contribution in [0, 0.1) is 11.3 Å². The molecule has 0 amide bonds. The lowest BCUT2D eigenvalue weighted by atomic mass is 10.1. The zero-order chi connectivity index (χ0) is 15.3. The maximum atomic E-state index is 12.5. The van der Waals surface area contributed by atoms with E-state index in [1.165, 1.54) is 12.1 Å². The van der Waals surface area contributed by atoms with Crippen LogP contribution in [0.5, 0.6) is 0 Å². The van der Waals surface area contributed by atoms with E-state index in [4.69, 9.17) is 5.26 Å². The van der Waals surface area contributed by atoms with Crippen molar-refractivity contribution in [2.45, 2.75) is 18.8 Å². The largest absolute Gasteiger partial charge is 0.416 e. The van der Waals surface area contributed by atoms with Crippen molar-refractivity contribution in [3.05, 3.63) is 71.3 Å². The van der Waals surface area contributed by atoms with E-state index in [2.05, 4.69) is 11.4 Å². The molecule has 2 nitrogen and oxygen atoms in total. The second-order valence-corrected chi connectivity index (χ2v) is 4.55. The Morgan fingerprint density at radius 2 is 1.62 bits per heavy atom. The summed E-state index contributed by atoms with van der Waals surface area (Å²) in [6.07, 6.45) is -4.36. The first-order valence-corrected chi connectivity index (χ1v) is 6.35. The van der Waals surface area contributed by atoms with Gasteiger partial charge in [-0.3, -0.25) is 5.32 Å². The number of rotatable bonds is 4. The van der Waals surface area contributed by atoms with Crippen molar-refractivity contribution in [3.63, 3.8) is 0 Å². The van der Waals surface area contributed by atoms with Crippen LogP contribution in [-0.2, 0) is 12.7 Å². The first-order chi connectivity index (χ1) is 10.0. The number of nitrogens with one attached hydrogen (secondary N) is 1. The normalized spacial score (nSPS) is 12.7. The van der Waals surface area contributed by atoms with Gasteiger partial charge in [0.2, 0.25) is 0 Å². The van der Waals surface area contributed by atoms with E-state index in [0.717, 1.165) is 17.7 Å². The minimum Gasteiger partial charge on any atom is -0.294 e. The SMILES string of the molecule is N#C[C@@H](NCc1ccccc1)c1ccc(C(F)(F)F)cc1. The van der Waals surface area contributed by atoms with Crippen LogP contribution in [0.25, 0.3) is 0 Å². The van der Waals surface area contributed by atoms with Crippen molar-refractivity contribution in [2.24, 2.45) is 0 Å². The van der Waals surface area contributed by atoms with E-state index in [9.17, 15) is 13.2 Å². The molecule has 0 unspecified atom stereocenters. The van der Waals surface area contributed by atoms with Crippen LogP contribution in [0.1, 0.15) is 22.7 Å². The fourth-order valence-corrected chi connectivity index (χ4v) is 1.92. The Morgan fingerprint density at radius 3 is 2.14 bits per heavy atom. The molecule has 0 heterocycles. The van der Waals surface area contributed by atoms with Gasteiger partial charge >= 0.3 is 6.18 Å². The van der Waals surface area contributed by atoms with Crippen molar-refractivity contribution < 1.29 is 13.2 Å². The van der Waals surface area contributed by atoms with Gasteiger partial charge in [0.05, 0.1) is 11.6 Å². The highest BCUT2D eigenvalue weighted by atomic mass is 19.4. The molecule has 0 saturated heterocycles. The molecule has 0 bridgehead atoms. The Morgan fingerprint density at radius 1 is 1.00 bits per heavy atom. The van der Waals surface area contributed by atoms with E-state index in [0.29, 0.717) is 12.1 Å². The first-order valence-electron chi connectivity index (χ1n) is 6.35. The van der Waals surface area contributed by atoms with E-state index in [1.54, 1.807) is 0 Å². The van der Waals surface area contributed by atoms with Gasteiger partial charge in [-0.25, -0.2) is 0 Å². The molecular weight excluding hydrogens is 277 g/mol. The summed E-state index contributed by atoms with van der Waals surface area (Å²) in [7, 11) is 0. The molecule has 0 aliphatic heterocycles. The third-order valence-corrected chi connectivity index (χ3v) is 3.05. The number of hydrogen-bond donors (Lipinski definition) is 1. The van der Waals surface area contributed by atoms with E-state index in [1.807, 2.05) is 30.3 Å². The topological polar surface area (TPSA) is 35.8 Å². The zero-order valence-corrected chi connectivity index (χ0v) is 11.1. The standard InChI is InChI=1S/C16H13F3N2/c17-16(18,19)14-8-6-13(7-9-14)15(10-20)21-11-12-4-2-1-3-5-12/h1-9,15,21H,11H2/t15-/m1/s1. The third kappa shape index (κ3) is 4.07. The van der Waals surface area contributed by atoms with Gasteiger partial charge in [-0.15, -0.1) is 0 Å². The monoisotopic (exact) mass is 290 g/mol. The molecule has 0 radical (unpaired) electrons. The smallest absolute Gasteiger partial charge is 0.294 e. The molecule has 5 heteroatoms. The van der Waals surface area contributed by atoms with E-state index in [-0.39, 0.29) is 0 Å². The zero-order valence-electron chi connectivity index (χ0n) is 11.1. The Labute approximate surface area is 120 Å². The Bertz CT molecular complexity index is 613. The van der Waals surface area contributed by atoms with Gasteiger partial charge in [-0.1, -0.05) is 42.5 Å². The van der Waals surface area contributed by atoms with E-state index >= 15 is 0 Å². The average Bonchev–Trinajstić information content (AvgIpc) is 2.48. The third-order valence-electron chi connectivity index (χ3n) is 3.05. The highest BCUT2D eigenvalue weighted by Crippen LogP contribution is 2.29. The molecule has 108 valence electrons. The molecule has 2 aromatic carbocycles. The maximum Gasteiger partial charge on any atom is 0.416 e. The van der Waals surface area contributed by atoms with Crippen LogP contribution in [0.2, 0.25) is 0 Å². The molecule has 0 aromatic heterocycles. The predicted molar refractivity (Wildman–Crippen MR) is 73.1 cm³/mol. The van der Waals surface area contributed by atoms with Gasteiger partial charge < -0.3 is 0 Å². The molecule has 21 heavy (non-hydrogen) atoms. The van der Waals surface area contributed by atoms with Crippen LogP contribution in [0.4, 0.5) is 13.2 Å². The van der Waals surface area contributed by atoms with Crippen LogP contribution < -0.4 is 5.32 Å². The van der Waals surface area contributed by atoms with Crippen LogP contribution in [0.15, 0.2) is 54.6 Å². The molecule has 2 aromatic rings. The summed E-state index contributed by atoms with van der Waals surface area (Å²) < 4.78 is 37.5. The number of nitriles is 1. The summed E-state index contributed by atoms with van der Waals surface area (Å²) in [5.41, 5.74) is 0.803. The average molecular weight is 290 g/mol. The molecular formula is C16H13F3N2. The number of halogens is 3. The van der Waals surface area contributed by atoms with Crippen molar-refractivity contribution in [2.75, 3.05) is 0 Å². The Kier molecular flexibility index (Phi) is 4.61. The van der Waals surface area contributed by atoms with Gasteiger partial charge in [0.1, 0.15) is 6.04 Å². The van der Waals surface area contributed by atoms with Gasteiger partial charge in [-0.2, -0.15) is 18.4 Å². The lowest BCUT2D eigenvalue weighted by molar-refractivity contribution is -0.137. The molecule has 0 aliphatic carbocycles. The lowest BCUT2D eigenvalue weighted by Gasteiger charge is -2.13. The van der Waals surface area contributed by atoms with Crippen molar-refractivity contribution in [3.8, 4) is 6.07 Å². The predicted octanol–water partition coefficient (Wildman–Crippen LogP) is 4.06. The second-order valence-electron chi connectivity index (χ2n) is 4.55. The Balaban J connectivity index is 2.06. The molecule has 1 N–H and O–H groups in total. The van der Waals surface area contributed by atoms with Gasteiger partial charge in [0, 0.05) is 6.54 Å². The van der Waals surface area contributed by atoms with Gasteiger partial charge in [0.25, 0.3) is 0 Å². The highest BCUT2D eigenvalue weighted by molar-refractivity contribution is 5.30. The fourth-order valence-electron chi connectivity index (χ4n) is 1.92. The quantitative estimate of drug-likeness (QED) is 0.921. The fraction of sp³-hybridized carbons (Fsp3) is 0.188. The highest BCUT2D eigenvalue weighted by Gasteiger charge is 2.30. The van der Waals surface area contributed by atoms with Crippen LogP contribution >= 0.6 is 0 Å². The Hall–Kier alpha value is -2.32. The minimum atomic E-state index is -4.36. The van der Waals surface area contributed by atoms with E-state index < -0.39 is 17.8 Å².